The lowest BCUT2D eigenvalue weighted by atomic mass is 9.65. The van der Waals surface area contributed by atoms with Crippen LogP contribution in [-0.2, 0) is 14.3 Å². The van der Waals surface area contributed by atoms with Gasteiger partial charge in [0.05, 0.1) is 23.4 Å². The molecule has 1 heterocycles. The molecule has 2 N–H and O–H groups in total. The van der Waals surface area contributed by atoms with Crippen LogP contribution in [0.2, 0.25) is 0 Å². The van der Waals surface area contributed by atoms with E-state index in [0.717, 1.165) is 34.3 Å². The SMILES string of the molecule is CC(=O)OC1CC(C)(C)C(=CC=CC(C)=CC=CC(C)=CC=CC=C(C)C=CC=C(C)C2C=C3C(C)(C)CC(O)CC3(C)O2)C(C)(O)C1. The third-order valence-electron chi connectivity index (χ3n) is 9.72. The Balaban J connectivity index is 1.52. The van der Waals surface area contributed by atoms with Crippen molar-refractivity contribution in [1.29, 1.82) is 0 Å². The second kappa shape index (κ2) is 16.0. The maximum atomic E-state index is 11.5. The number of hydrogen-bond acceptors (Lipinski definition) is 5. The number of aliphatic hydroxyl groups is 2. The van der Waals surface area contributed by atoms with Gasteiger partial charge in [-0.25, -0.2) is 0 Å². The van der Waals surface area contributed by atoms with Gasteiger partial charge in [-0.05, 0) is 88.0 Å². The molecule has 3 rings (SSSR count). The minimum absolute atomic E-state index is 0.0604. The maximum Gasteiger partial charge on any atom is 0.302 e. The molecule has 0 aromatic carbocycles. The first-order valence-electron chi connectivity index (χ1n) is 17.3. The van der Waals surface area contributed by atoms with Crippen molar-refractivity contribution < 1.29 is 24.5 Å². The molecule has 0 aromatic heterocycles. The van der Waals surface area contributed by atoms with Crippen LogP contribution >= 0.6 is 0 Å². The molecule has 5 heteroatoms. The summed E-state index contributed by atoms with van der Waals surface area (Å²) in [4.78, 5) is 11.5. The Labute approximate surface area is 290 Å². The molecule has 2 saturated carbocycles. The molecule has 0 saturated heterocycles. The van der Waals surface area contributed by atoms with Crippen molar-refractivity contribution >= 4 is 5.97 Å². The second-order valence-electron chi connectivity index (χ2n) is 15.8. The monoisotopic (exact) mass is 656 g/mol. The van der Waals surface area contributed by atoms with E-state index < -0.39 is 11.2 Å². The van der Waals surface area contributed by atoms with Gasteiger partial charge in [0.25, 0.3) is 0 Å². The standard InChI is InChI=1S/C43H60O5/c1-30(19-14-20-32(3)22-16-24-38-41(8,9)28-36(47-34(5)44)29-42(38,10)46)17-12-13-18-31(2)21-15-23-33(4)37-25-39-40(6,7)26-35(45)27-43(39,11)48-37/h12-25,35-37,45-46H,26-29H2,1-11H3. The predicted octanol–water partition coefficient (Wildman–Crippen LogP) is 9.69. The Morgan fingerprint density at radius 3 is 1.85 bits per heavy atom. The van der Waals surface area contributed by atoms with Crippen LogP contribution in [0, 0.1) is 10.8 Å². The number of aliphatic hydroxyl groups excluding tert-OH is 1. The highest BCUT2D eigenvalue weighted by molar-refractivity contribution is 5.66. The fraction of sp³-hybridized carbons (Fsp3) is 0.512. The van der Waals surface area contributed by atoms with Gasteiger partial charge in [-0.3, -0.25) is 4.79 Å². The molecule has 2 aliphatic carbocycles. The fourth-order valence-electron chi connectivity index (χ4n) is 7.68. The molecule has 5 unspecified atom stereocenters. The molecule has 3 aliphatic rings. The Morgan fingerprint density at radius 1 is 0.750 bits per heavy atom. The molecular formula is C43H60O5. The van der Waals surface area contributed by atoms with Crippen LogP contribution in [0.3, 0.4) is 0 Å². The summed E-state index contributed by atoms with van der Waals surface area (Å²) in [7, 11) is 0. The van der Waals surface area contributed by atoms with Crippen molar-refractivity contribution in [3.05, 3.63) is 119 Å². The van der Waals surface area contributed by atoms with Gasteiger partial charge in [0.2, 0.25) is 0 Å². The van der Waals surface area contributed by atoms with Crippen LogP contribution in [0.1, 0.15) is 102 Å². The van der Waals surface area contributed by atoms with Gasteiger partial charge >= 0.3 is 5.97 Å². The molecule has 0 radical (unpaired) electrons. The van der Waals surface area contributed by atoms with E-state index in [9.17, 15) is 15.0 Å². The maximum absolute atomic E-state index is 11.5. The minimum atomic E-state index is -1.04. The van der Waals surface area contributed by atoms with Crippen molar-refractivity contribution in [3.63, 3.8) is 0 Å². The molecule has 0 bridgehead atoms. The van der Waals surface area contributed by atoms with Gasteiger partial charge in [0, 0.05) is 19.8 Å². The average Bonchev–Trinajstić information content (AvgIpc) is 3.29. The van der Waals surface area contributed by atoms with E-state index in [1.165, 1.54) is 12.5 Å². The molecule has 0 spiro atoms. The van der Waals surface area contributed by atoms with Gasteiger partial charge in [-0.1, -0.05) is 123 Å². The van der Waals surface area contributed by atoms with Crippen LogP contribution in [0.15, 0.2) is 119 Å². The first-order valence-corrected chi connectivity index (χ1v) is 17.3. The van der Waals surface area contributed by atoms with Crippen LogP contribution in [0.25, 0.3) is 0 Å². The molecule has 0 amide bonds. The lowest BCUT2D eigenvalue weighted by molar-refractivity contribution is -0.152. The molecule has 5 nitrogen and oxygen atoms in total. The number of carbonyl (C=O) groups excluding carboxylic acids is 1. The van der Waals surface area contributed by atoms with Crippen LogP contribution in [0.4, 0.5) is 0 Å². The van der Waals surface area contributed by atoms with Crippen LogP contribution < -0.4 is 0 Å². The Hall–Kier alpha value is -3.25. The number of esters is 1. The number of ether oxygens (including phenoxy) is 2. The van der Waals surface area contributed by atoms with Gasteiger partial charge in [-0.15, -0.1) is 0 Å². The summed E-state index contributed by atoms with van der Waals surface area (Å²) in [5.74, 6) is -0.309. The summed E-state index contributed by atoms with van der Waals surface area (Å²) in [5.41, 5.74) is 5.02. The van der Waals surface area contributed by atoms with Crippen molar-refractivity contribution in [2.45, 2.75) is 131 Å². The van der Waals surface area contributed by atoms with Gasteiger partial charge in [0.15, 0.2) is 0 Å². The van der Waals surface area contributed by atoms with Gasteiger partial charge in [0.1, 0.15) is 6.10 Å². The van der Waals surface area contributed by atoms with E-state index in [1.54, 1.807) is 6.92 Å². The van der Waals surface area contributed by atoms with E-state index in [1.807, 2.05) is 43.4 Å². The highest BCUT2D eigenvalue weighted by atomic mass is 16.5. The molecule has 1 aliphatic heterocycles. The normalized spacial score (nSPS) is 32.6. The number of allylic oxidation sites excluding steroid dienone is 16. The predicted molar refractivity (Wildman–Crippen MR) is 199 cm³/mol. The largest absolute Gasteiger partial charge is 0.462 e. The number of fused-ring (bicyclic) bond motifs is 1. The number of carbonyl (C=O) groups is 1. The number of rotatable bonds is 10. The van der Waals surface area contributed by atoms with Crippen LogP contribution in [-0.4, -0.2) is 45.7 Å². The molecule has 0 aromatic rings. The highest BCUT2D eigenvalue weighted by Crippen LogP contribution is 2.52. The minimum Gasteiger partial charge on any atom is -0.462 e. The lowest BCUT2D eigenvalue weighted by Gasteiger charge is -2.45. The lowest BCUT2D eigenvalue weighted by Crippen LogP contribution is -2.46. The summed E-state index contributed by atoms with van der Waals surface area (Å²) in [6.07, 6.45) is 30.9. The van der Waals surface area contributed by atoms with Gasteiger partial charge in [-0.2, -0.15) is 0 Å². The van der Waals surface area contributed by atoms with Gasteiger partial charge < -0.3 is 19.7 Å². The fourth-order valence-corrected chi connectivity index (χ4v) is 7.68. The van der Waals surface area contributed by atoms with Crippen molar-refractivity contribution in [3.8, 4) is 0 Å². The summed E-state index contributed by atoms with van der Waals surface area (Å²) in [6, 6.07) is 0. The topological polar surface area (TPSA) is 76.0 Å². The first kappa shape index (κ1) is 39.2. The Bertz CT molecular complexity index is 1480. The van der Waals surface area contributed by atoms with Crippen molar-refractivity contribution in [2.24, 2.45) is 10.8 Å². The van der Waals surface area contributed by atoms with E-state index in [-0.39, 0.29) is 35.1 Å². The first-order chi connectivity index (χ1) is 22.2. The summed E-state index contributed by atoms with van der Waals surface area (Å²) in [6.45, 7) is 22.2. The summed E-state index contributed by atoms with van der Waals surface area (Å²) in [5, 5.41) is 21.5. The zero-order chi connectivity index (χ0) is 35.9. The molecule has 2 fully saturated rings. The number of hydrogen-bond donors (Lipinski definition) is 2. The average molecular weight is 657 g/mol. The smallest absolute Gasteiger partial charge is 0.302 e. The zero-order valence-electron chi connectivity index (χ0n) is 31.3. The molecule has 5 atom stereocenters. The third kappa shape index (κ3) is 10.9. The molecule has 262 valence electrons. The highest BCUT2D eigenvalue weighted by Gasteiger charge is 2.50. The summed E-state index contributed by atoms with van der Waals surface area (Å²) >= 11 is 0. The quantitative estimate of drug-likeness (QED) is 0.139. The molecule has 48 heavy (non-hydrogen) atoms. The second-order valence-corrected chi connectivity index (χ2v) is 15.8. The Morgan fingerprint density at radius 2 is 1.29 bits per heavy atom. The van der Waals surface area contributed by atoms with E-state index in [4.69, 9.17) is 9.47 Å². The van der Waals surface area contributed by atoms with E-state index in [0.29, 0.717) is 19.3 Å². The van der Waals surface area contributed by atoms with Crippen molar-refractivity contribution in [2.75, 3.05) is 0 Å². The van der Waals surface area contributed by atoms with E-state index in [2.05, 4.69) is 104 Å². The van der Waals surface area contributed by atoms with Crippen LogP contribution in [0.5, 0.6) is 0 Å². The molecular weight excluding hydrogens is 596 g/mol. The van der Waals surface area contributed by atoms with Crippen molar-refractivity contribution in [1.82, 2.24) is 0 Å². The third-order valence-corrected chi connectivity index (χ3v) is 9.72. The van der Waals surface area contributed by atoms with E-state index >= 15 is 0 Å². The zero-order valence-corrected chi connectivity index (χ0v) is 31.3. The Kier molecular flexibility index (Phi) is 13.0. The summed E-state index contributed by atoms with van der Waals surface area (Å²) < 4.78 is 11.9.